The molecule has 1 spiro atoms. The zero-order chi connectivity index (χ0) is 27.9. The van der Waals surface area contributed by atoms with E-state index in [1.54, 1.807) is 40.8 Å². The summed E-state index contributed by atoms with van der Waals surface area (Å²) >= 11 is 0. The number of para-hydroxylation sites is 3. The maximum absolute atomic E-state index is 13.7. The number of anilines is 4. The standard InChI is InChI=1S/C31H31N5O3S/c1-22-10-13-24(14-11-22)40(38,39)36-21-31(25-6-2-5-9-28(25)36)16-18-35(19-17-31)29-15-12-23(20-33-29)30(37)34-27-8-4-3-7-26(27)32/h2-15,20H,16-19,21,32H2,1H3,(H,34,37). The van der Waals surface area contributed by atoms with Crippen LogP contribution in [0.25, 0.3) is 0 Å². The first-order valence-electron chi connectivity index (χ1n) is 13.3. The number of carbonyl (C=O) groups excluding carboxylic acids is 1. The van der Waals surface area contributed by atoms with Gasteiger partial charge >= 0.3 is 0 Å². The van der Waals surface area contributed by atoms with Crippen LogP contribution in [0.15, 0.2) is 96.0 Å². The molecule has 0 saturated carbocycles. The number of benzene rings is 3. The zero-order valence-electron chi connectivity index (χ0n) is 22.2. The SMILES string of the molecule is Cc1ccc(S(=O)(=O)N2CC3(CCN(c4ccc(C(=O)Nc5ccccc5N)cn4)CC3)c3ccccc32)cc1. The van der Waals surface area contributed by atoms with Gasteiger partial charge < -0.3 is 16.0 Å². The quantitative estimate of drug-likeness (QED) is 0.338. The van der Waals surface area contributed by atoms with Crippen LogP contribution in [-0.2, 0) is 15.4 Å². The van der Waals surface area contributed by atoms with Crippen LogP contribution in [0.4, 0.5) is 22.9 Å². The Morgan fingerprint density at radius 2 is 1.62 bits per heavy atom. The molecule has 0 atom stereocenters. The summed E-state index contributed by atoms with van der Waals surface area (Å²) in [5, 5.41) is 2.83. The van der Waals surface area contributed by atoms with Crippen LogP contribution in [0.1, 0.15) is 34.3 Å². The summed E-state index contributed by atoms with van der Waals surface area (Å²) in [6.07, 6.45) is 3.16. The van der Waals surface area contributed by atoms with Crippen molar-refractivity contribution in [3.8, 4) is 0 Å². The summed E-state index contributed by atoms with van der Waals surface area (Å²) in [5.41, 5.74) is 10.1. The molecule has 2 aliphatic heterocycles. The number of aromatic nitrogens is 1. The molecule has 1 aromatic heterocycles. The zero-order valence-corrected chi connectivity index (χ0v) is 23.1. The molecule has 40 heavy (non-hydrogen) atoms. The van der Waals surface area contributed by atoms with Crippen molar-refractivity contribution in [3.63, 3.8) is 0 Å². The summed E-state index contributed by atoms with van der Waals surface area (Å²) in [6.45, 7) is 3.83. The highest BCUT2D eigenvalue weighted by molar-refractivity contribution is 7.92. The average molecular weight is 554 g/mol. The number of nitrogen functional groups attached to an aromatic ring is 1. The molecule has 3 N–H and O–H groups in total. The fourth-order valence-corrected chi connectivity index (χ4v) is 7.31. The lowest BCUT2D eigenvalue weighted by Crippen LogP contribution is -2.46. The predicted molar refractivity (Wildman–Crippen MR) is 158 cm³/mol. The Hall–Kier alpha value is -4.37. The van der Waals surface area contributed by atoms with E-state index in [4.69, 9.17) is 5.73 Å². The Labute approximate surface area is 234 Å². The molecule has 0 bridgehead atoms. The molecule has 0 unspecified atom stereocenters. The topological polar surface area (TPSA) is 109 Å². The third kappa shape index (κ3) is 4.56. The Morgan fingerprint density at radius 3 is 2.33 bits per heavy atom. The van der Waals surface area contributed by atoms with Gasteiger partial charge in [0, 0.05) is 31.2 Å². The molecule has 0 radical (unpaired) electrons. The van der Waals surface area contributed by atoms with Crippen molar-refractivity contribution in [3.05, 3.63) is 108 Å². The Morgan fingerprint density at radius 1 is 0.925 bits per heavy atom. The van der Waals surface area contributed by atoms with Gasteiger partial charge in [-0.1, -0.05) is 48.0 Å². The lowest BCUT2D eigenvalue weighted by atomic mass is 9.74. The van der Waals surface area contributed by atoms with E-state index in [9.17, 15) is 13.2 Å². The van der Waals surface area contributed by atoms with E-state index in [-0.39, 0.29) is 11.3 Å². The highest BCUT2D eigenvalue weighted by atomic mass is 32.2. The van der Waals surface area contributed by atoms with E-state index in [0.717, 1.165) is 48.6 Å². The highest BCUT2D eigenvalue weighted by Gasteiger charge is 2.48. The van der Waals surface area contributed by atoms with E-state index in [1.807, 2.05) is 55.5 Å². The van der Waals surface area contributed by atoms with Gasteiger partial charge in [0.15, 0.2) is 0 Å². The molecule has 4 aromatic rings. The number of hydrogen-bond acceptors (Lipinski definition) is 6. The van der Waals surface area contributed by atoms with Crippen molar-refractivity contribution in [1.82, 2.24) is 4.98 Å². The van der Waals surface area contributed by atoms with Crippen molar-refractivity contribution < 1.29 is 13.2 Å². The number of fused-ring (bicyclic) bond motifs is 2. The van der Waals surface area contributed by atoms with E-state index in [0.29, 0.717) is 28.4 Å². The minimum absolute atomic E-state index is 0.264. The highest BCUT2D eigenvalue weighted by Crippen LogP contribution is 2.49. The van der Waals surface area contributed by atoms with Gasteiger partial charge in [-0.05, 0) is 67.8 Å². The largest absolute Gasteiger partial charge is 0.397 e. The molecule has 3 heterocycles. The molecule has 1 saturated heterocycles. The molecule has 3 aromatic carbocycles. The van der Waals surface area contributed by atoms with Gasteiger partial charge in [0.2, 0.25) is 0 Å². The van der Waals surface area contributed by atoms with Crippen LogP contribution in [0, 0.1) is 6.92 Å². The number of pyridine rings is 1. The summed E-state index contributed by atoms with van der Waals surface area (Å²) < 4.78 is 29.0. The first-order chi connectivity index (χ1) is 19.3. The number of nitrogens with zero attached hydrogens (tertiary/aromatic N) is 3. The number of piperidine rings is 1. The molecule has 6 rings (SSSR count). The molecule has 1 fully saturated rings. The fourth-order valence-electron chi connectivity index (χ4n) is 5.74. The second-order valence-electron chi connectivity index (χ2n) is 10.6. The molecule has 8 nitrogen and oxygen atoms in total. The van der Waals surface area contributed by atoms with Crippen LogP contribution in [0.2, 0.25) is 0 Å². The predicted octanol–water partition coefficient (Wildman–Crippen LogP) is 4.97. The van der Waals surface area contributed by atoms with Gasteiger partial charge in [0.25, 0.3) is 15.9 Å². The molecular weight excluding hydrogens is 522 g/mol. The summed E-state index contributed by atoms with van der Waals surface area (Å²) in [6, 6.07) is 25.7. The maximum atomic E-state index is 13.7. The molecular formula is C31H31N5O3S. The molecule has 0 aliphatic carbocycles. The second kappa shape index (κ2) is 9.98. The normalized spacial score (nSPS) is 16.1. The summed E-state index contributed by atoms with van der Waals surface area (Å²) in [5.74, 6) is 0.521. The molecule has 1 amide bonds. The number of carbonyl (C=O) groups is 1. The summed E-state index contributed by atoms with van der Waals surface area (Å²) in [4.78, 5) is 19.8. The number of rotatable bonds is 5. The van der Waals surface area contributed by atoms with Crippen LogP contribution in [-0.4, -0.2) is 38.9 Å². The van der Waals surface area contributed by atoms with Crippen LogP contribution in [0.3, 0.4) is 0 Å². The first kappa shape index (κ1) is 25.9. The number of nitrogens with one attached hydrogen (secondary N) is 1. The number of hydrogen-bond donors (Lipinski definition) is 2. The van der Waals surface area contributed by atoms with E-state index in [2.05, 4.69) is 21.3 Å². The van der Waals surface area contributed by atoms with E-state index >= 15 is 0 Å². The van der Waals surface area contributed by atoms with Gasteiger partial charge in [-0.3, -0.25) is 9.10 Å². The van der Waals surface area contributed by atoms with Gasteiger partial charge in [-0.2, -0.15) is 0 Å². The molecule has 9 heteroatoms. The van der Waals surface area contributed by atoms with Gasteiger partial charge in [-0.15, -0.1) is 0 Å². The van der Waals surface area contributed by atoms with Gasteiger partial charge in [-0.25, -0.2) is 13.4 Å². The second-order valence-corrected chi connectivity index (χ2v) is 12.4. The van der Waals surface area contributed by atoms with Gasteiger partial charge in [0.05, 0.1) is 27.5 Å². The summed E-state index contributed by atoms with van der Waals surface area (Å²) in [7, 11) is -3.69. The van der Waals surface area contributed by atoms with Crippen molar-refractivity contribution in [2.75, 3.05) is 39.9 Å². The van der Waals surface area contributed by atoms with E-state index in [1.165, 1.54) is 0 Å². The Bertz CT molecular complexity index is 1660. The smallest absolute Gasteiger partial charge is 0.264 e. The third-order valence-electron chi connectivity index (χ3n) is 8.06. The number of aryl methyl sites for hydroxylation is 1. The van der Waals surface area contributed by atoms with Crippen LogP contribution in [0.5, 0.6) is 0 Å². The Balaban J connectivity index is 1.18. The molecule has 2 aliphatic rings. The molecule has 204 valence electrons. The van der Waals surface area contributed by atoms with Crippen LogP contribution < -0.4 is 20.3 Å². The average Bonchev–Trinajstić information content (AvgIpc) is 3.29. The first-order valence-corrected chi connectivity index (χ1v) is 14.8. The fraction of sp³-hybridized carbons (Fsp3) is 0.226. The number of sulfonamides is 1. The van der Waals surface area contributed by atoms with Crippen molar-refractivity contribution in [2.45, 2.75) is 30.1 Å². The van der Waals surface area contributed by atoms with Crippen molar-refractivity contribution in [2.24, 2.45) is 0 Å². The lowest BCUT2D eigenvalue weighted by molar-refractivity contribution is 0.102. The monoisotopic (exact) mass is 553 g/mol. The maximum Gasteiger partial charge on any atom is 0.264 e. The lowest BCUT2D eigenvalue weighted by Gasteiger charge is -2.40. The van der Waals surface area contributed by atoms with Crippen LogP contribution >= 0.6 is 0 Å². The van der Waals surface area contributed by atoms with Gasteiger partial charge in [0.1, 0.15) is 5.82 Å². The minimum Gasteiger partial charge on any atom is -0.397 e. The van der Waals surface area contributed by atoms with E-state index < -0.39 is 10.0 Å². The third-order valence-corrected chi connectivity index (χ3v) is 9.84. The van der Waals surface area contributed by atoms with Crippen molar-refractivity contribution in [1.29, 1.82) is 0 Å². The number of amides is 1. The van der Waals surface area contributed by atoms with Crippen molar-refractivity contribution >= 4 is 38.8 Å². The number of nitrogens with two attached hydrogens (primary N) is 1. The minimum atomic E-state index is -3.69. The Kier molecular flexibility index (Phi) is 6.46.